The molecule has 1 unspecified atom stereocenters. The highest BCUT2D eigenvalue weighted by molar-refractivity contribution is 7.13. The van der Waals surface area contributed by atoms with E-state index in [0.717, 1.165) is 24.9 Å². The molecule has 1 N–H and O–H groups in total. The third-order valence-corrected chi connectivity index (χ3v) is 5.88. The maximum absolute atomic E-state index is 12.2. The zero-order valence-corrected chi connectivity index (χ0v) is 15.6. The lowest BCUT2D eigenvalue weighted by atomic mass is 10.1. The fourth-order valence-corrected chi connectivity index (χ4v) is 4.32. The molecule has 1 atom stereocenters. The molecule has 2 saturated heterocycles. The first-order valence-corrected chi connectivity index (χ1v) is 10.2. The van der Waals surface area contributed by atoms with Crippen LogP contribution in [-0.4, -0.2) is 58.2 Å². The topological polar surface area (TPSA) is 74.2 Å². The number of pyridine rings is 1. The molecule has 26 heavy (non-hydrogen) atoms. The van der Waals surface area contributed by atoms with Crippen LogP contribution >= 0.6 is 11.3 Å². The predicted octanol–water partition coefficient (Wildman–Crippen LogP) is 2.64. The van der Waals surface area contributed by atoms with E-state index in [9.17, 15) is 4.79 Å². The van der Waals surface area contributed by atoms with Crippen molar-refractivity contribution in [1.29, 1.82) is 0 Å². The van der Waals surface area contributed by atoms with Crippen LogP contribution in [0.15, 0.2) is 23.8 Å². The van der Waals surface area contributed by atoms with Crippen LogP contribution in [-0.2, 0) is 0 Å². The minimum Gasteiger partial charge on any atom is -0.357 e. The van der Waals surface area contributed by atoms with Gasteiger partial charge in [0.15, 0.2) is 0 Å². The number of aromatic nitrogens is 3. The van der Waals surface area contributed by atoms with E-state index >= 15 is 0 Å². The summed E-state index contributed by atoms with van der Waals surface area (Å²) < 4.78 is 0. The van der Waals surface area contributed by atoms with Gasteiger partial charge in [0, 0.05) is 25.3 Å². The van der Waals surface area contributed by atoms with E-state index in [1.807, 2.05) is 12.1 Å². The molecule has 2 aromatic rings. The van der Waals surface area contributed by atoms with Crippen LogP contribution in [0.3, 0.4) is 0 Å². The van der Waals surface area contributed by atoms with Crippen molar-refractivity contribution < 1.29 is 4.79 Å². The van der Waals surface area contributed by atoms with E-state index in [1.54, 1.807) is 11.7 Å². The number of amides is 1. The molecule has 2 aliphatic heterocycles. The number of anilines is 2. The van der Waals surface area contributed by atoms with Crippen LogP contribution in [0.25, 0.3) is 0 Å². The molecule has 2 aliphatic rings. The van der Waals surface area contributed by atoms with Gasteiger partial charge in [0.1, 0.15) is 11.3 Å². The second-order valence-corrected chi connectivity index (χ2v) is 7.75. The highest BCUT2D eigenvalue weighted by atomic mass is 32.1. The fraction of sp³-hybridized carbons (Fsp3) is 0.556. The molecule has 2 aromatic heterocycles. The Morgan fingerprint density at radius 2 is 2.00 bits per heavy atom. The largest absolute Gasteiger partial charge is 0.357 e. The van der Waals surface area contributed by atoms with Gasteiger partial charge in [0.25, 0.3) is 5.91 Å². The first kappa shape index (κ1) is 17.4. The van der Waals surface area contributed by atoms with Crippen LogP contribution in [0.5, 0.6) is 0 Å². The molecule has 138 valence electrons. The summed E-state index contributed by atoms with van der Waals surface area (Å²) in [6.45, 7) is 4.60. The van der Waals surface area contributed by atoms with Crippen LogP contribution < -0.4 is 10.2 Å². The van der Waals surface area contributed by atoms with Crippen molar-refractivity contribution in [1.82, 2.24) is 20.1 Å². The van der Waals surface area contributed by atoms with E-state index in [-0.39, 0.29) is 5.91 Å². The van der Waals surface area contributed by atoms with Crippen molar-refractivity contribution >= 4 is 28.2 Å². The van der Waals surface area contributed by atoms with E-state index in [2.05, 4.69) is 30.3 Å². The van der Waals surface area contributed by atoms with Gasteiger partial charge >= 0.3 is 0 Å². The third-order valence-electron chi connectivity index (χ3n) is 5.27. The van der Waals surface area contributed by atoms with E-state index in [1.165, 1.54) is 56.5 Å². The van der Waals surface area contributed by atoms with Gasteiger partial charge in [0.2, 0.25) is 5.13 Å². The monoisotopic (exact) mass is 372 g/mol. The van der Waals surface area contributed by atoms with Crippen molar-refractivity contribution in [2.45, 2.75) is 38.1 Å². The molecule has 4 rings (SSSR count). The summed E-state index contributed by atoms with van der Waals surface area (Å²) in [7, 11) is 0. The number of hydrogen-bond donors (Lipinski definition) is 1. The molecule has 7 nitrogen and oxygen atoms in total. The predicted molar refractivity (Wildman–Crippen MR) is 103 cm³/mol. The lowest BCUT2D eigenvalue weighted by Gasteiger charge is -2.26. The molecule has 0 spiro atoms. The summed E-state index contributed by atoms with van der Waals surface area (Å²) in [5.41, 5.74) is 2.12. The second-order valence-electron chi connectivity index (χ2n) is 6.92. The molecule has 0 aromatic carbocycles. The molecule has 1 amide bonds. The maximum atomic E-state index is 12.2. The number of likely N-dealkylation sites (tertiary alicyclic amines) is 1. The van der Waals surface area contributed by atoms with E-state index in [0.29, 0.717) is 10.7 Å². The molecule has 0 radical (unpaired) electrons. The summed E-state index contributed by atoms with van der Waals surface area (Å²) in [5, 5.41) is 10.8. The zero-order chi connectivity index (χ0) is 17.8. The average molecular weight is 372 g/mol. The normalized spacial score (nSPS) is 21.5. The Hall–Kier alpha value is -2.06. The molecule has 0 aliphatic carbocycles. The number of nitrogens with one attached hydrogen (secondary N) is 1. The summed E-state index contributed by atoms with van der Waals surface area (Å²) >= 11 is 1.30. The Morgan fingerprint density at radius 3 is 2.73 bits per heavy atom. The summed E-state index contributed by atoms with van der Waals surface area (Å²) in [6.07, 6.45) is 8.02. The Kier molecular flexibility index (Phi) is 5.40. The van der Waals surface area contributed by atoms with Crippen molar-refractivity contribution in [2.24, 2.45) is 0 Å². The van der Waals surface area contributed by atoms with Crippen molar-refractivity contribution in [2.75, 3.05) is 36.4 Å². The molecule has 0 saturated carbocycles. The first-order valence-electron chi connectivity index (χ1n) is 9.32. The Labute approximate surface area is 157 Å². The minimum atomic E-state index is -0.203. The van der Waals surface area contributed by atoms with Crippen LogP contribution in [0.2, 0.25) is 0 Å². The average Bonchev–Trinajstić information content (AvgIpc) is 3.33. The lowest BCUT2D eigenvalue weighted by molar-refractivity contribution is 0.102. The highest BCUT2D eigenvalue weighted by Gasteiger charge is 2.25. The molecule has 8 heteroatoms. The Bertz CT molecular complexity index is 714. The number of carbonyl (C=O) groups is 1. The summed E-state index contributed by atoms with van der Waals surface area (Å²) in [5.74, 6) is 0.755. The Morgan fingerprint density at radius 1 is 1.12 bits per heavy atom. The SMILES string of the molecule is O=C(Nc1nncs1)c1ccc(N2CCCC(N3CCCC3)CC2)nc1. The van der Waals surface area contributed by atoms with Crippen molar-refractivity contribution in [3.63, 3.8) is 0 Å². The number of hydrogen-bond acceptors (Lipinski definition) is 7. The van der Waals surface area contributed by atoms with E-state index < -0.39 is 0 Å². The maximum Gasteiger partial charge on any atom is 0.259 e. The van der Waals surface area contributed by atoms with Gasteiger partial charge in [-0.3, -0.25) is 10.1 Å². The van der Waals surface area contributed by atoms with Gasteiger partial charge in [-0.1, -0.05) is 11.3 Å². The lowest BCUT2D eigenvalue weighted by Crippen LogP contribution is -2.34. The molecule has 0 bridgehead atoms. The molecular formula is C18H24N6OS. The quantitative estimate of drug-likeness (QED) is 0.889. The van der Waals surface area contributed by atoms with Gasteiger partial charge in [-0.05, 0) is 57.3 Å². The van der Waals surface area contributed by atoms with Crippen molar-refractivity contribution in [3.05, 3.63) is 29.4 Å². The minimum absolute atomic E-state index is 0.203. The van der Waals surface area contributed by atoms with Gasteiger partial charge < -0.3 is 9.80 Å². The van der Waals surface area contributed by atoms with Gasteiger partial charge in [-0.15, -0.1) is 10.2 Å². The fourth-order valence-electron chi connectivity index (χ4n) is 3.88. The molecular weight excluding hydrogens is 348 g/mol. The van der Waals surface area contributed by atoms with Gasteiger partial charge in [-0.25, -0.2) is 4.98 Å². The van der Waals surface area contributed by atoms with Gasteiger partial charge in [-0.2, -0.15) is 0 Å². The van der Waals surface area contributed by atoms with E-state index in [4.69, 9.17) is 0 Å². The number of nitrogens with zero attached hydrogens (tertiary/aromatic N) is 5. The van der Waals surface area contributed by atoms with Crippen molar-refractivity contribution in [3.8, 4) is 0 Å². The number of rotatable bonds is 4. The summed E-state index contributed by atoms with van der Waals surface area (Å²) in [6, 6.07) is 4.51. The Balaban J connectivity index is 1.36. The highest BCUT2D eigenvalue weighted by Crippen LogP contribution is 2.23. The first-order chi connectivity index (χ1) is 12.8. The molecule has 4 heterocycles. The van der Waals surface area contributed by atoms with Crippen LogP contribution in [0.4, 0.5) is 10.9 Å². The number of carbonyl (C=O) groups excluding carboxylic acids is 1. The zero-order valence-electron chi connectivity index (χ0n) is 14.8. The molecule has 2 fully saturated rings. The third kappa shape index (κ3) is 4.02. The summed E-state index contributed by atoms with van der Waals surface area (Å²) in [4.78, 5) is 21.8. The van der Waals surface area contributed by atoms with Gasteiger partial charge in [0.05, 0.1) is 5.56 Å². The second kappa shape index (κ2) is 8.09. The van der Waals surface area contributed by atoms with Crippen LogP contribution in [0, 0.1) is 0 Å². The smallest absolute Gasteiger partial charge is 0.259 e. The standard InChI is InChI=1S/C18H24N6OS/c25-17(21-18-22-20-13-26-18)14-5-6-16(19-12-14)24-10-3-4-15(7-11-24)23-8-1-2-9-23/h5-6,12-13,15H,1-4,7-11H2,(H,21,22,25). The van der Waals surface area contributed by atoms with Crippen LogP contribution in [0.1, 0.15) is 42.5 Å².